The number of methoxy groups -OCH3 is 1. The number of fused-ring (bicyclic) bond motifs is 2. The van der Waals surface area contributed by atoms with Crippen LogP contribution in [0.15, 0.2) is 40.8 Å². The maximum Gasteiger partial charge on any atom is 0.231 e. The van der Waals surface area contributed by atoms with E-state index in [0.717, 1.165) is 16.5 Å². The Morgan fingerprint density at radius 3 is 1.77 bits per heavy atom. The lowest BCUT2D eigenvalue weighted by Gasteiger charge is -2.43. The fourth-order valence-corrected chi connectivity index (χ4v) is 7.11. The number of aliphatic hydroxyl groups excluding tert-OH is 10. The van der Waals surface area contributed by atoms with Crippen molar-refractivity contribution in [3.8, 4) is 28.6 Å². The molecule has 3 aromatic rings. The summed E-state index contributed by atoms with van der Waals surface area (Å²) in [5.74, 6) is 2.43. The second-order valence-corrected chi connectivity index (χ2v) is 14.3. The number of hydrogen-bond acceptors (Lipinski definition) is 20. The van der Waals surface area contributed by atoms with Crippen LogP contribution < -0.4 is 14.2 Å². The Balaban J connectivity index is 0.919. The molecule has 0 saturated carbocycles. The van der Waals surface area contributed by atoms with Crippen LogP contribution >= 0.6 is 0 Å². The van der Waals surface area contributed by atoms with Gasteiger partial charge in [-0.05, 0) is 54.8 Å². The predicted molar refractivity (Wildman–Crippen MR) is 188 cm³/mol. The molecule has 0 amide bonds. The van der Waals surface area contributed by atoms with Crippen LogP contribution in [0.25, 0.3) is 22.3 Å². The van der Waals surface area contributed by atoms with Crippen LogP contribution in [0.4, 0.5) is 0 Å². The van der Waals surface area contributed by atoms with Gasteiger partial charge in [-0.2, -0.15) is 0 Å². The molecule has 3 fully saturated rings. The molecule has 0 spiro atoms. The molecular weight excluding hydrogens is 764 g/mol. The number of rotatable bonds is 14. The Morgan fingerprint density at radius 1 is 0.614 bits per heavy atom. The lowest BCUT2D eigenvalue weighted by atomic mass is 9.98. The van der Waals surface area contributed by atoms with E-state index < -0.39 is 112 Å². The SMILES string of the molecule is COc1cc(CCCO[C@@H]2O[C@H](CO[C@@H]3O[C@H](CO[C@@H]4O[C@H](CO)[C@@H](O)[C@H](O)[C@H]4O)[C@@H](O)[C@H](O)[C@H]3O)[C@@H](O)[C@H](O)[C@H]2O)cc2cc(-c3ccc4c(c3)OCO4)oc12. The molecule has 20 nitrogen and oxygen atoms in total. The van der Waals surface area contributed by atoms with E-state index in [0.29, 0.717) is 41.4 Å². The quantitative estimate of drug-likeness (QED) is 0.0737. The summed E-state index contributed by atoms with van der Waals surface area (Å²) in [5, 5.41) is 104. The standard InChI is InChI=1S/C37H48O20/c1-48-21-8-15(7-17-10-19(54-34(17)21)16-4-5-18-20(9-16)53-14-52-18)3-2-6-49-35-31(45)29(43)26(40)23(56-35)12-51-37-33(47)30(44)27(41)24(57-37)13-50-36-32(46)28(42)25(39)22(11-38)55-36/h4-5,7-10,22-33,35-47H,2-3,6,11-14H2,1H3/t22-,23-,24-,25-,26-,27-,28+,29+,30+,31-,32-,33-,35-,36-,37-/m1/s1. The van der Waals surface area contributed by atoms with Gasteiger partial charge in [0, 0.05) is 10.9 Å². The third-order valence-corrected chi connectivity index (χ3v) is 10.4. The van der Waals surface area contributed by atoms with Crippen LogP contribution in [-0.4, -0.2) is 184 Å². The van der Waals surface area contributed by atoms with Gasteiger partial charge >= 0.3 is 0 Å². The van der Waals surface area contributed by atoms with E-state index in [1.54, 1.807) is 7.11 Å². The van der Waals surface area contributed by atoms with E-state index >= 15 is 0 Å². The van der Waals surface area contributed by atoms with E-state index in [1.165, 1.54) is 0 Å². The Kier molecular flexibility index (Phi) is 13.2. The van der Waals surface area contributed by atoms with E-state index in [2.05, 4.69) is 0 Å². The number of hydrogen-bond donors (Lipinski definition) is 10. The van der Waals surface area contributed by atoms with Crippen LogP contribution in [-0.2, 0) is 34.8 Å². The minimum atomic E-state index is -1.82. The van der Waals surface area contributed by atoms with Gasteiger partial charge in [0.05, 0.1) is 33.5 Å². The summed E-state index contributed by atoms with van der Waals surface area (Å²) in [5.41, 5.74) is 2.28. The average molecular weight is 813 g/mol. The van der Waals surface area contributed by atoms with Crippen LogP contribution in [0.1, 0.15) is 12.0 Å². The maximum absolute atomic E-state index is 10.7. The Labute approximate surface area is 324 Å². The molecule has 4 aliphatic rings. The zero-order valence-corrected chi connectivity index (χ0v) is 30.6. The monoisotopic (exact) mass is 812 g/mol. The highest BCUT2D eigenvalue weighted by Crippen LogP contribution is 2.40. The minimum Gasteiger partial charge on any atom is -0.493 e. The van der Waals surface area contributed by atoms with E-state index in [1.807, 2.05) is 36.4 Å². The largest absolute Gasteiger partial charge is 0.493 e. The van der Waals surface area contributed by atoms with Crippen molar-refractivity contribution >= 4 is 11.0 Å². The smallest absolute Gasteiger partial charge is 0.231 e. The summed E-state index contributed by atoms with van der Waals surface area (Å²) in [6.07, 6.45) is -23.1. The van der Waals surface area contributed by atoms with E-state index in [4.69, 9.17) is 47.0 Å². The average Bonchev–Trinajstić information content (AvgIpc) is 3.88. The molecule has 316 valence electrons. The Bertz CT molecular complexity index is 1790. The van der Waals surface area contributed by atoms with Gasteiger partial charge in [-0.3, -0.25) is 0 Å². The number of aliphatic hydroxyl groups is 10. The fraction of sp³-hybridized carbons (Fsp3) is 0.622. The number of ether oxygens (including phenoxy) is 9. The molecule has 5 heterocycles. The third kappa shape index (κ3) is 8.73. The highest BCUT2D eigenvalue weighted by molar-refractivity contribution is 5.88. The van der Waals surface area contributed by atoms with Crippen molar-refractivity contribution in [3.63, 3.8) is 0 Å². The van der Waals surface area contributed by atoms with Crippen molar-refractivity contribution in [1.82, 2.24) is 0 Å². The topological polar surface area (TPSA) is 299 Å². The summed E-state index contributed by atoms with van der Waals surface area (Å²) in [6.45, 7) is -1.61. The summed E-state index contributed by atoms with van der Waals surface area (Å²) in [4.78, 5) is 0. The molecular formula is C37H48O20. The van der Waals surface area contributed by atoms with Crippen LogP contribution in [0.3, 0.4) is 0 Å². The summed E-state index contributed by atoms with van der Waals surface area (Å²) in [7, 11) is 1.54. The van der Waals surface area contributed by atoms with Crippen molar-refractivity contribution in [2.75, 3.05) is 40.3 Å². The van der Waals surface area contributed by atoms with Gasteiger partial charge in [0.25, 0.3) is 0 Å². The summed E-state index contributed by atoms with van der Waals surface area (Å²) in [6, 6.07) is 11.2. The fourth-order valence-electron chi connectivity index (χ4n) is 7.11. The van der Waals surface area contributed by atoms with Gasteiger partial charge in [0.1, 0.15) is 79.0 Å². The first-order valence-corrected chi connectivity index (χ1v) is 18.4. The normalized spacial score (nSPS) is 36.8. The van der Waals surface area contributed by atoms with Gasteiger partial charge in [-0.15, -0.1) is 0 Å². The van der Waals surface area contributed by atoms with Crippen LogP contribution in [0.5, 0.6) is 17.2 Å². The summed E-state index contributed by atoms with van der Waals surface area (Å²) >= 11 is 0. The van der Waals surface area contributed by atoms with Gasteiger partial charge in [0.2, 0.25) is 6.79 Å². The molecule has 7 rings (SSSR count). The van der Waals surface area contributed by atoms with Crippen molar-refractivity contribution in [2.45, 2.75) is 105 Å². The van der Waals surface area contributed by atoms with Crippen molar-refractivity contribution < 1.29 is 98.1 Å². The van der Waals surface area contributed by atoms with Crippen LogP contribution in [0, 0.1) is 0 Å². The van der Waals surface area contributed by atoms with Crippen molar-refractivity contribution in [2.24, 2.45) is 0 Å². The highest BCUT2D eigenvalue weighted by atomic mass is 16.7. The molecule has 57 heavy (non-hydrogen) atoms. The minimum absolute atomic E-state index is 0.0664. The molecule has 2 aromatic carbocycles. The maximum atomic E-state index is 10.7. The lowest BCUT2D eigenvalue weighted by molar-refractivity contribution is -0.342. The molecule has 20 heteroatoms. The molecule has 3 saturated heterocycles. The number of aryl methyl sites for hydroxylation is 1. The van der Waals surface area contributed by atoms with Gasteiger partial charge in [-0.25, -0.2) is 0 Å². The molecule has 0 radical (unpaired) electrons. The first-order valence-electron chi connectivity index (χ1n) is 18.4. The van der Waals surface area contributed by atoms with E-state index in [9.17, 15) is 51.1 Å². The molecule has 15 atom stereocenters. The van der Waals surface area contributed by atoms with Gasteiger partial charge in [0.15, 0.2) is 41.7 Å². The molecule has 4 aliphatic heterocycles. The first kappa shape index (κ1) is 41.9. The first-order chi connectivity index (χ1) is 27.4. The molecule has 0 aliphatic carbocycles. The molecule has 10 N–H and O–H groups in total. The third-order valence-electron chi connectivity index (χ3n) is 10.4. The van der Waals surface area contributed by atoms with Gasteiger partial charge in [-0.1, -0.05) is 0 Å². The van der Waals surface area contributed by atoms with Crippen molar-refractivity contribution in [1.29, 1.82) is 0 Å². The number of benzene rings is 2. The van der Waals surface area contributed by atoms with Gasteiger partial charge < -0.3 is 98.1 Å². The zero-order chi connectivity index (χ0) is 40.5. The Hall–Kier alpha value is -3.26. The number of furan rings is 1. The predicted octanol–water partition coefficient (Wildman–Crippen LogP) is -2.77. The molecule has 1 aromatic heterocycles. The second kappa shape index (κ2) is 17.9. The van der Waals surface area contributed by atoms with Crippen LogP contribution in [0.2, 0.25) is 0 Å². The van der Waals surface area contributed by atoms with Crippen molar-refractivity contribution in [3.05, 3.63) is 42.0 Å². The summed E-state index contributed by atoms with van der Waals surface area (Å²) < 4.78 is 56.1. The van der Waals surface area contributed by atoms with E-state index in [-0.39, 0.29) is 13.4 Å². The zero-order valence-electron chi connectivity index (χ0n) is 30.6. The molecule has 0 bridgehead atoms. The Morgan fingerprint density at radius 2 is 1.18 bits per heavy atom. The lowest BCUT2D eigenvalue weighted by Crippen LogP contribution is -2.62. The second-order valence-electron chi connectivity index (χ2n) is 14.3. The highest BCUT2D eigenvalue weighted by Gasteiger charge is 2.49. The molecule has 0 unspecified atom stereocenters.